The van der Waals surface area contributed by atoms with Crippen LogP contribution in [0.15, 0.2) is 139 Å². The molecule has 2 N–H and O–H groups in total. The van der Waals surface area contributed by atoms with Gasteiger partial charge in [-0.2, -0.15) is 0 Å². The Morgan fingerprint density at radius 1 is 0.909 bits per heavy atom. The van der Waals surface area contributed by atoms with Crippen LogP contribution in [0.3, 0.4) is 0 Å². The molecule has 3 aliphatic carbocycles. The molecule has 0 radical (unpaired) electrons. The minimum Gasteiger partial charge on any atom is -0.487 e. The van der Waals surface area contributed by atoms with Crippen LogP contribution in [0.1, 0.15) is 91.8 Å². The zero-order chi connectivity index (χ0) is 45.5. The molecule has 0 spiro atoms. The zero-order valence-corrected chi connectivity index (χ0v) is 38.1. The monoisotopic (exact) mass is 889 g/mol. The predicted molar refractivity (Wildman–Crippen MR) is 257 cm³/mol. The lowest BCUT2D eigenvalue weighted by Gasteiger charge is -2.60. The number of oxime groups is 1. The van der Waals surface area contributed by atoms with Crippen LogP contribution < -0.4 is 9.47 Å². The number of ether oxygens (including phenoxy) is 3. The third kappa shape index (κ3) is 9.68. The molecule has 1 amide bonds. The van der Waals surface area contributed by atoms with Crippen molar-refractivity contribution < 1.29 is 34.1 Å². The van der Waals surface area contributed by atoms with Crippen LogP contribution in [0.5, 0.6) is 11.5 Å². The molecule has 4 aromatic carbocycles. The Kier molecular flexibility index (Phi) is 14.3. The van der Waals surface area contributed by atoms with Gasteiger partial charge in [-0.1, -0.05) is 109 Å². The van der Waals surface area contributed by atoms with Crippen molar-refractivity contribution in [3.63, 3.8) is 0 Å². The van der Waals surface area contributed by atoms with Gasteiger partial charge in [0.25, 0.3) is 0 Å². The number of nitrogens with zero attached hydrogens (tertiary/aromatic N) is 3. The van der Waals surface area contributed by atoms with Gasteiger partial charge in [0.1, 0.15) is 30.8 Å². The fraction of sp³-hybridized carbons (Fsp3) is 0.411. The molecule has 2 fully saturated rings. The predicted octanol–water partition coefficient (Wildman–Crippen LogP) is 10.4. The molecule has 4 aliphatic rings. The normalized spacial score (nSPS) is 23.6. The fourth-order valence-corrected chi connectivity index (χ4v) is 10.9. The number of benzene rings is 4. The van der Waals surface area contributed by atoms with Gasteiger partial charge in [-0.15, -0.1) is 6.58 Å². The molecule has 66 heavy (non-hydrogen) atoms. The van der Waals surface area contributed by atoms with Crippen molar-refractivity contribution in [2.24, 2.45) is 28.8 Å². The van der Waals surface area contributed by atoms with Crippen molar-refractivity contribution >= 4 is 22.4 Å². The van der Waals surface area contributed by atoms with Crippen molar-refractivity contribution in [2.75, 3.05) is 19.8 Å². The number of allylic oxidation sites excluding steroid dienone is 1. The van der Waals surface area contributed by atoms with Crippen LogP contribution >= 0.6 is 0 Å². The van der Waals surface area contributed by atoms with Gasteiger partial charge < -0.3 is 34.2 Å². The van der Waals surface area contributed by atoms with Gasteiger partial charge in [-0.05, 0) is 115 Å². The lowest BCUT2D eigenvalue weighted by Crippen LogP contribution is -2.70. The zero-order valence-electron chi connectivity index (χ0n) is 38.1. The largest absolute Gasteiger partial charge is 0.487 e. The summed E-state index contributed by atoms with van der Waals surface area (Å²) in [6, 6.07) is 36.1. The second kappa shape index (κ2) is 20.8. The Morgan fingerprint density at radius 2 is 1.68 bits per heavy atom. The maximum absolute atomic E-state index is 15.2. The first kappa shape index (κ1) is 45.4. The summed E-state index contributed by atoms with van der Waals surface area (Å²) in [6.45, 7) is 7.47. The van der Waals surface area contributed by atoms with Crippen LogP contribution in [0.2, 0.25) is 0 Å². The summed E-state index contributed by atoms with van der Waals surface area (Å²) in [5.41, 5.74) is 6.62. The molecule has 9 rings (SSSR count). The number of fused-ring (bicyclic) bond motifs is 3. The highest BCUT2D eigenvalue weighted by Gasteiger charge is 2.66. The van der Waals surface area contributed by atoms with E-state index in [0.29, 0.717) is 43.9 Å². The SMILES string of the molecule is C=CCOC12Oc3ccc(OCc4cccc(C)n4)cc3C3C(CCCCO)C(CCCCO)C=C(C(=NOCc4ccccc4)CC1N(Cc1cccc4ccccc14)C(=O)C1CC1)C32. The number of unbranched alkanes of at least 4 members (excludes halogenated alkanes) is 2. The van der Waals surface area contributed by atoms with Crippen molar-refractivity contribution in [1.82, 2.24) is 9.88 Å². The first-order valence-corrected chi connectivity index (χ1v) is 24.0. The van der Waals surface area contributed by atoms with Crippen molar-refractivity contribution in [2.45, 2.75) is 102 Å². The molecule has 2 saturated carbocycles. The molecule has 6 unspecified atom stereocenters. The van der Waals surface area contributed by atoms with Gasteiger partial charge in [-0.3, -0.25) is 9.78 Å². The topological polar surface area (TPSA) is 123 Å². The number of aliphatic hydroxyl groups excluding tert-OH is 2. The van der Waals surface area contributed by atoms with Gasteiger partial charge in [-0.25, -0.2) is 0 Å². The molecule has 5 aromatic rings. The van der Waals surface area contributed by atoms with E-state index in [0.717, 1.165) is 88.7 Å². The molecule has 2 heterocycles. The number of pyridine rings is 1. The average Bonchev–Trinajstić information content (AvgIpc) is 4.20. The van der Waals surface area contributed by atoms with Crippen molar-refractivity contribution in [3.8, 4) is 11.5 Å². The molecule has 10 nitrogen and oxygen atoms in total. The van der Waals surface area contributed by atoms with E-state index < -0.39 is 17.7 Å². The van der Waals surface area contributed by atoms with Crippen molar-refractivity contribution in [1.29, 1.82) is 0 Å². The second-order valence-electron chi connectivity index (χ2n) is 18.5. The van der Waals surface area contributed by atoms with Gasteiger partial charge in [0.2, 0.25) is 11.7 Å². The standard InChI is InChI=1S/C56H63N3O7/c1-3-31-64-56-52(59(55(62)41-25-26-41)35-43-21-14-20-40-18-7-8-23-46(40)43)34-50(58-65-36-39-16-5-4-6-17-39)48-32-42(19-9-11-29-60)47(24-10-12-30-61)53(54(48)56)49-33-45(27-28-51(49)66-56)63-37-44-22-13-15-38(2)57-44/h3-8,13-18,20-23,27-28,32-33,41-42,47,52-54,60-61H,1,9-12,19,24-26,29-31,34-37H2,2H3. The van der Waals surface area contributed by atoms with Crippen LogP contribution in [0.25, 0.3) is 10.8 Å². The number of hydrogen-bond donors (Lipinski definition) is 2. The van der Waals surface area contributed by atoms with E-state index in [9.17, 15) is 10.2 Å². The summed E-state index contributed by atoms with van der Waals surface area (Å²) in [7, 11) is 0. The third-order valence-corrected chi connectivity index (χ3v) is 14.0. The van der Waals surface area contributed by atoms with Gasteiger partial charge in [0.15, 0.2) is 0 Å². The molecule has 10 heteroatoms. The summed E-state index contributed by atoms with van der Waals surface area (Å²) in [4.78, 5) is 28.3. The number of hydrogen-bond acceptors (Lipinski definition) is 9. The Bertz CT molecular complexity index is 2530. The van der Waals surface area contributed by atoms with Crippen molar-refractivity contribution in [3.05, 3.63) is 162 Å². The first-order chi connectivity index (χ1) is 32.4. The minimum absolute atomic E-state index is 0.0860. The number of aryl methyl sites for hydroxylation is 1. The summed E-state index contributed by atoms with van der Waals surface area (Å²) in [6.07, 6.45) is 10.9. The number of carbonyl (C=O) groups excluding carboxylic acids is 1. The Labute approximate surface area is 388 Å². The quantitative estimate of drug-likeness (QED) is 0.0424. The maximum Gasteiger partial charge on any atom is 0.239 e. The summed E-state index contributed by atoms with van der Waals surface area (Å²) in [5.74, 6) is -0.371. The van der Waals surface area contributed by atoms with E-state index in [1.807, 2.05) is 73.7 Å². The molecule has 0 bridgehead atoms. The van der Waals surface area contributed by atoms with E-state index in [4.69, 9.17) is 29.2 Å². The Hall–Kier alpha value is -5.81. The van der Waals surface area contributed by atoms with Crippen LogP contribution in [-0.2, 0) is 34.1 Å². The van der Waals surface area contributed by atoms with E-state index >= 15 is 4.79 Å². The average molecular weight is 890 g/mol. The Balaban J connectivity index is 1.23. The number of aliphatic hydroxyl groups is 2. The van der Waals surface area contributed by atoms with Crippen LogP contribution in [0, 0.1) is 30.6 Å². The Morgan fingerprint density at radius 3 is 2.47 bits per heavy atom. The highest BCUT2D eigenvalue weighted by atomic mass is 16.7. The smallest absolute Gasteiger partial charge is 0.239 e. The summed E-state index contributed by atoms with van der Waals surface area (Å²) in [5, 5.41) is 27.4. The summed E-state index contributed by atoms with van der Waals surface area (Å²) < 4.78 is 21.4. The molecule has 1 aliphatic heterocycles. The number of carbonyl (C=O) groups is 1. The van der Waals surface area contributed by atoms with Gasteiger partial charge >= 0.3 is 0 Å². The van der Waals surface area contributed by atoms with Crippen LogP contribution in [0.4, 0.5) is 0 Å². The number of amides is 1. The molecule has 344 valence electrons. The minimum atomic E-state index is -1.36. The highest BCUT2D eigenvalue weighted by Crippen LogP contribution is 2.62. The molecular formula is C56H63N3O7. The molecule has 6 atom stereocenters. The first-order valence-electron chi connectivity index (χ1n) is 24.0. The lowest BCUT2D eigenvalue weighted by molar-refractivity contribution is -0.258. The maximum atomic E-state index is 15.2. The molecular weight excluding hydrogens is 827 g/mol. The highest BCUT2D eigenvalue weighted by molar-refractivity contribution is 6.03. The second-order valence-corrected chi connectivity index (χ2v) is 18.5. The molecule has 0 saturated heterocycles. The van der Waals surface area contributed by atoms with Gasteiger partial charge in [0.05, 0.1) is 23.9 Å². The third-order valence-electron chi connectivity index (χ3n) is 14.0. The summed E-state index contributed by atoms with van der Waals surface area (Å²) >= 11 is 0. The lowest BCUT2D eigenvalue weighted by atomic mass is 9.55. The van der Waals surface area contributed by atoms with Gasteiger partial charge in [0, 0.05) is 49.3 Å². The number of rotatable bonds is 21. The fourth-order valence-electron chi connectivity index (χ4n) is 10.9. The van der Waals surface area contributed by atoms with E-state index in [2.05, 4.69) is 60.0 Å². The van der Waals surface area contributed by atoms with E-state index in [1.165, 1.54) is 0 Å². The van der Waals surface area contributed by atoms with Crippen LogP contribution in [-0.4, -0.2) is 63.4 Å². The number of aromatic nitrogens is 1. The van der Waals surface area contributed by atoms with E-state index in [1.54, 1.807) is 6.08 Å². The molecule has 1 aromatic heterocycles. The van der Waals surface area contributed by atoms with E-state index in [-0.39, 0.29) is 56.0 Å².